The van der Waals surface area contributed by atoms with Crippen LogP contribution in [0.25, 0.3) is 22.1 Å². The first-order chi connectivity index (χ1) is 17.8. The van der Waals surface area contributed by atoms with Gasteiger partial charge in [-0.1, -0.05) is 36.4 Å². The normalized spacial score (nSPS) is 12.2. The molecule has 4 aromatic heterocycles. The Morgan fingerprint density at radius 2 is 1.03 bits per heavy atom. The first-order valence-corrected chi connectivity index (χ1v) is 13.6. The van der Waals surface area contributed by atoms with Crippen LogP contribution >= 0.6 is 0 Å². The van der Waals surface area contributed by atoms with E-state index in [4.69, 9.17) is 1.37 Å². The fourth-order valence-corrected chi connectivity index (χ4v) is 6.22. The Morgan fingerprint density at radius 3 is 1.58 bits per heavy atom. The predicted octanol–water partition coefficient (Wildman–Crippen LogP) is 4.55. The van der Waals surface area contributed by atoms with Gasteiger partial charge in [0.1, 0.15) is 0 Å². The Morgan fingerprint density at radius 1 is 0.556 bits per heavy atom. The Kier molecular flexibility index (Phi) is 5.80. The van der Waals surface area contributed by atoms with Crippen LogP contribution in [0, 0.1) is 0 Å². The summed E-state index contributed by atoms with van der Waals surface area (Å²) in [5.41, 5.74) is 0.720. The fourth-order valence-electron chi connectivity index (χ4n) is 3.60. The number of nitrogens with zero attached hydrogens (tertiary/aromatic N) is 4. The molecule has 0 saturated carbocycles. The molecule has 4 heterocycles. The number of rotatable bonds is 4. The van der Waals surface area contributed by atoms with Gasteiger partial charge < -0.3 is 0 Å². The first kappa shape index (κ1) is 22.2. The second-order valence-electron chi connectivity index (χ2n) is 7.62. The maximum atomic E-state index is 12.5. The van der Waals surface area contributed by atoms with Gasteiger partial charge in [-0.25, -0.2) is 34.7 Å². The first-order valence-electron chi connectivity index (χ1n) is 11.3. The third-order valence-electron chi connectivity index (χ3n) is 5.34. The van der Waals surface area contributed by atoms with Crippen LogP contribution in [-0.2, 0) is 20.0 Å². The summed E-state index contributed by atoms with van der Waals surface area (Å²) >= 11 is 0. The van der Waals surface area contributed by atoms with Crippen LogP contribution in [0.5, 0.6) is 0 Å². The predicted molar refractivity (Wildman–Crippen MR) is 138 cm³/mol. The molecule has 0 fully saturated rings. The van der Waals surface area contributed by atoms with E-state index >= 15 is 0 Å². The maximum Gasteiger partial charge on any atom is 0.269 e. The molecule has 0 saturated heterocycles. The molecule has 6 aromatic rings. The molecule has 0 atom stereocenters. The van der Waals surface area contributed by atoms with Gasteiger partial charge in [0.2, 0.25) is 0 Å². The van der Waals surface area contributed by atoms with Crippen LogP contribution in [0.15, 0.2) is 132 Å². The van der Waals surface area contributed by atoms with Gasteiger partial charge in [0, 0.05) is 35.5 Å². The van der Waals surface area contributed by atoms with Crippen molar-refractivity contribution in [1.82, 2.24) is 17.9 Å². The number of fused-ring (bicyclic) bond motifs is 2. The quantitative estimate of drug-likeness (QED) is 0.340. The van der Waals surface area contributed by atoms with E-state index in [1.807, 2.05) is 6.07 Å². The Balaban J connectivity index is 0.000000152. The summed E-state index contributed by atoms with van der Waals surface area (Å²) in [6, 6.07) is 26.7. The lowest BCUT2D eigenvalue weighted by Gasteiger charge is -2.06. The topological polar surface area (TPSA) is 104 Å². The standard InChI is InChI=1S/2C13H10N2O2S/c2*16-18(17,12-6-2-1-3-7-12)15-10-8-11-5-4-9-14-13(11)15/h2*1-10H/i10D;. The lowest BCUT2D eigenvalue weighted by molar-refractivity contribution is 0.587. The number of benzene rings is 2. The highest BCUT2D eigenvalue weighted by molar-refractivity contribution is 7.90. The van der Waals surface area contributed by atoms with Crippen LogP contribution in [0.2, 0.25) is 0 Å². The van der Waals surface area contributed by atoms with Gasteiger partial charge >= 0.3 is 0 Å². The van der Waals surface area contributed by atoms with Gasteiger partial charge in [-0.3, -0.25) is 0 Å². The van der Waals surface area contributed by atoms with E-state index in [2.05, 4.69) is 9.97 Å². The molecule has 0 radical (unpaired) electrons. The van der Waals surface area contributed by atoms with Crippen LogP contribution in [0.1, 0.15) is 1.37 Å². The van der Waals surface area contributed by atoms with E-state index in [1.165, 1.54) is 34.6 Å². The number of hydrogen-bond acceptors (Lipinski definition) is 6. The van der Waals surface area contributed by atoms with E-state index in [0.29, 0.717) is 11.0 Å². The highest BCUT2D eigenvalue weighted by atomic mass is 32.2. The summed E-state index contributed by atoms with van der Waals surface area (Å²) in [5, 5.41) is 1.43. The number of hydrogen-bond donors (Lipinski definition) is 0. The fraction of sp³-hybridized carbons (Fsp3) is 0. The molecule has 0 aliphatic heterocycles. The molecule has 0 aliphatic rings. The van der Waals surface area contributed by atoms with Crippen molar-refractivity contribution in [3.63, 3.8) is 0 Å². The van der Waals surface area contributed by atoms with Crippen LogP contribution < -0.4 is 0 Å². The van der Waals surface area contributed by atoms with E-state index in [-0.39, 0.29) is 21.6 Å². The van der Waals surface area contributed by atoms with Gasteiger partial charge in [0.25, 0.3) is 20.0 Å². The number of pyridine rings is 2. The molecule has 0 unspecified atom stereocenters. The molecular formula is C26H20N4O4S2. The second kappa shape index (κ2) is 9.40. The minimum atomic E-state index is -3.79. The largest absolute Gasteiger partial charge is 0.269 e. The lowest BCUT2D eigenvalue weighted by Crippen LogP contribution is -2.12. The third-order valence-corrected chi connectivity index (χ3v) is 8.65. The van der Waals surface area contributed by atoms with Crippen LogP contribution in [-0.4, -0.2) is 34.7 Å². The summed E-state index contributed by atoms with van der Waals surface area (Å²) in [4.78, 5) is 8.58. The number of aromatic nitrogens is 4. The zero-order valence-electron chi connectivity index (χ0n) is 19.7. The van der Waals surface area contributed by atoms with Gasteiger partial charge in [0.15, 0.2) is 11.3 Å². The molecule has 36 heavy (non-hydrogen) atoms. The van der Waals surface area contributed by atoms with Crippen molar-refractivity contribution < 1.29 is 18.2 Å². The van der Waals surface area contributed by atoms with Crippen LogP contribution in [0.4, 0.5) is 0 Å². The van der Waals surface area contributed by atoms with Gasteiger partial charge in [-0.05, 0) is 60.7 Å². The second-order valence-corrected chi connectivity index (χ2v) is 11.2. The molecule has 0 amide bonds. The molecule has 10 heteroatoms. The maximum absolute atomic E-state index is 12.5. The van der Waals surface area contributed by atoms with E-state index in [9.17, 15) is 16.8 Å². The van der Waals surface area contributed by atoms with Crippen LogP contribution in [0.3, 0.4) is 0 Å². The summed E-state index contributed by atoms with van der Waals surface area (Å²) in [6.45, 7) is 0. The summed E-state index contributed by atoms with van der Waals surface area (Å²) < 4.78 is 59.9. The molecule has 0 spiro atoms. The molecule has 0 aliphatic carbocycles. The molecule has 6 rings (SSSR count). The molecule has 0 N–H and O–H groups in total. The van der Waals surface area contributed by atoms with Crippen molar-refractivity contribution in [3.05, 3.63) is 122 Å². The Labute approximate surface area is 209 Å². The average molecular weight is 518 g/mol. The van der Waals surface area contributed by atoms with Crippen molar-refractivity contribution in [3.8, 4) is 0 Å². The van der Waals surface area contributed by atoms with Crippen molar-refractivity contribution in [2.24, 2.45) is 0 Å². The summed E-state index contributed by atoms with van der Waals surface area (Å²) in [6.07, 6.45) is 4.52. The monoisotopic (exact) mass is 517 g/mol. The van der Waals surface area contributed by atoms with Crippen molar-refractivity contribution in [2.75, 3.05) is 0 Å². The summed E-state index contributed by atoms with van der Waals surface area (Å²) in [7, 11) is -7.35. The molecule has 0 bridgehead atoms. The van der Waals surface area contributed by atoms with Crippen molar-refractivity contribution >= 4 is 42.1 Å². The van der Waals surface area contributed by atoms with E-state index in [0.717, 1.165) is 9.36 Å². The zero-order valence-corrected chi connectivity index (χ0v) is 20.3. The Hall–Kier alpha value is -4.28. The SMILES string of the molecule is O=S(=O)(c1ccccc1)n1ccc2cccnc21.[2H]c1cc2cccnc2n1S(=O)(=O)c1ccccc1. The van der Waals surface area contributed by atoms with Crippen molar-refractivity contribution in [1.29, 1.82) is 0 Å². The molecule has 180 valence electrons. The Bertz CT molecular complexity index is 1920. The lowest BCUT2D eigenvalue weighted by atomic mass is 10.3. The van der Waals surface area contributed by atoms with E-state index < -0.39 is 20.0 Å². The van der Waals surface area contributed by atoms with Gasteiger partial charge in [0.05, 0.1) is 11.2 Å². The summed E-state index contributed by atoms with van der Waals surface area (Å²) in [5.74, 6) is 0. The van der Waals surface area contributed by atoms with Crippen molar-refractivity contribution in [2.45, 2.75) is 9.79 Å². The smallest absolute Gasteiger partial charge is 0.237 e. The third kappa shape index (κ3) is 4.28. The van der Waals surface area contributed by atoms with Gasteiger partial charge in [-0.15, -0.1) is 0 Å². The minimum Gasteiger partial charge on any atom is -0.237 e. The highest BCUT2D eigenvalue weighted by Crippen LogP contribution is 2.21. The van der Waals surface area contributed by atoms with Gasteiger partial charge in [-0.2, -0.15) is 0 Å². The average Bonchev–Trinajstić information content (AvgIpc) is 3.51. The molecule has 8 nitrogen and oxygen atoms in total. The zero-order chi connectivity index (χ0) is 26.0. The molecule has 2 aromatic carbocycles. The minimum absolute atomic E-state index is 0.0995. The van der Waals surface area contributed by atoms with E-state index in [1.54, 1.807) is 79.0 Å². The highest BCUT2D eigenvalue weighted by Gasteiger charge is 2.19. The molecular weight excluding hydrogens is 496 g/mol.